The highest BCUT2D eigenvalue weighted by Crippen LogP contribution is 2.16. The number of hydrogen-bond donors (Lipinski definition) is 0. The van der Waals surface area contributed by atoms with Gasteiger partial charge >= 0.3 is 0 Å². The van der Waals surface area contributed by atoms with Crippen LogP contribution in [0.25, 0.3) is 17.0 Å². The molecule has 2 heterocycles. The van der Waals surface area contributed by atoms with Gasteiger partial charge in [0.05, 0.1) is 16.4 Å². The lowest BCUT2D eigenvalue weighted by molar-refractivity contribution is 0.521. The lowest BCUT2D eigenvalue weighted by atomic mass is 9.97. The molecule has 0 amide bonds. The first-order valence-electron chi connectivity index (χ1n) is 6.02. The highest BCUT2D eigenvalue weighted by Gasteiger charge is 2.17. The van der Waals surface area contributed by atoms with E-state index in [-0.39, 0.29) is 5.54 Å². The number of pyridine rings is 1. The lowest BCUT2D eigenvalue weighted by Gasteiger charge is -2.20. The third kappa shape index (κ3) is 1.74. The summed E-state index contributed by atoms with van der Waals surface area (Å²) in [7, 11) is 0. The predicted molar refractivity (Wildman–Crippen MR) is 70.4 cm³/mol. The van der Waals surface area contributed by atoms with E-state index in [2.05, 4.69) is 43.1 Å². The molecule has 3 rings (SSSR count). The highest BCUT2D eigenvalue weighted by molar-refractivity contribution is 5.78. The maximum Gasteiger partial charge on any atom is 0.0963 e. The first-order chi connectivity index (χ1) is 8.05. The highest BCUT2D eigenvalue weighted by atomic mass is 14.9. The Labute approximate surface area is 101 Å². The van der Waals surface area contributed by atoms with Crippen LogP contribution in [0.15, 0.2) is 29.3 Å². The molecule has 86 valence electrons. The maximum absolute atomic E-state index is 4.85. The smallest absolute Gasteiger partial charge is 0.0963 e. The van der Waals surface area contributed by atoms with E-state index in [0.29, 0.717) is 0 Å². The van der Waals surface area contributed by atoms with Gasteiger partial charge in [-0.1, -0.05) is 24.3 Å². The second kappa shape index (κ2) is 3.39. The molecule has 0 N–H and O–H groups in total. The number of benzene rings is 1. The first kappa shape index (κ1) is 10.5. The molecular formula is C15H16N2. The Morgan fingerprint density at radius 1 is 1.12 bits per heavy atom. The molecule has 0 aliphatic carbocycles. The summed E-state index contributed by atoms with van der Waals surface area (Å²) in [6.45, 7) is 6.36. The molecule has 0 bridgehead atoms. The first-order valence-corrected chi connectivity index (χ1v) is 6.02. The number of aromatic nitrogens is 1. The molecule has 0 fully saturated rings. The molecule has 2 aromatic rings. The molecule has 0 radical (unpaired) electrons. The fourth-order valence-corrected chi connectivity index (χ4v) is 2.28. The molecule has 1 aromatic heterocycles. The number of rotatable bonds is 0. The molecule has 0 atom stereocenters. The third-order valence-corrected chi connectivity index (χ3v) is 3.24. The summed E-state index contributed by atoms with van der Waals surface area (Å²) in [6.07, 6.45) is 3.27. The van der Waals surface area contributed by atoms with E-state index in [0.717, 1.165) is 23.0 Å². The number of aryl methyl sites for hydroxylation is 1. The van der Waals surface area contributed by atoms with Gasteiger partial charge in [0.15, 0.2) is 0 Å². The minimum Gasteiger partial charge on any atom is -0.276 e. The molecular weight excluding hydrogens is 208 g/mol. The Kier molecular flexibility index (Phi) is 2.09. The van der Waals surface area contributed by atoms with Gasteiger partial charge in [-0.3, -0.25) is 9.98 Å². The van der Waals surface area contributed by atoms with E-state index in [9.17, 15) is 0 Å². The molecule has 2 nitrogen and oxygen atoms in total. The van der Waals surface area contributed by atoms with Crippen LogP contribution in [0.5, 0.6) is 0 Å². The number of nitrogens with zero attached hydrogens (tertiary/aromatic N) is 2. The summed E-state index contributed by atoms with van der Waals surface area (Å²) in [4.78, 5) is 9.49. The zero-order valence-electron chi connectivity index (χ0n) is 10.5. The van der Waals surface area contributed by atoms with Crippen molar-refractivity contribution in [3.63, 3.8) is 0 Å². The van der Waals surface area contributed by atoms with E-state index >= 15 is 0 Å². The minimum atomic E-state index is -0.00723. The predicted octanol–water partition coefficient (Wildman–Crippen LogP) is 2.13. The fourth-order valence-electron chi connectivity index (χ4n) is 2.28. The zero-order valence-corrected chi connectivity index (χ0v) is 10.5. The van der Waals surface area contributed by atoms with Gasteiger partial charge in [-0.15, -0.1) is 0 Å². The quantitative estimate of drug-likeness (QED) is 0.673. The van der Waals surface area contributed by atoms with Crippen molar-refractivity contribution < 1.29 is 0 Å². The van der Waals surface area contributed by atoms with E-state index in [1.54, 1.807) is 0 Å². The normalized spacial score (nSPS) is 17.1. The Morgan fingerprint density at radius 3 is 2.71 bits per heavy atom. The largest absolute Gasteiger partial charge is 0.276 e. The van der Waals surface area contributed by atoms with Crippen molar-refractivity contribution in [3.05, 3.63) is 40.5 Å². The van der Waals surface area contributed by atoms with Gasteiger partial charge in [-0.2, -0.15) is 0 Å². The van der Waals surface area contributed by atoms with E-state index in [1.165, 1.54) is 10.6 Å². The Bertz CT molecular complexity index is 712. The van der Waals surface area contributed by atoms with Gasteiger partial charge in [0.1, 0.15) is 0 Å². The second-order valence-electron chi connectivity index (χ2n) is 5.36. The van der Waals surface area contributed by atoms with Crippen LogP contribution in [0.2, 0.25) is 0 Å². The number of fused-ring (bicyclic) bond motifs is 3. The van der Waals surface area contributed by atoms with Crippen LogP contribution in [0.3, 0.4) is 0 Å². The summed E-state index contributed by atoms with van der Waals surface area (Å²) in [5.41, 5.74) is 2.07. The molecule has 1 aliphatic rings. The van der Waals surface area contributed by atoms with Crippen molar-refractivity contribution in [1.29, 1.82) is 0 Å². The molecule has 0 saturated heterocycles. The molecule has 1 aliphatic heterocycles. The van der Waals surface area contributed by atoms with Crippen LogP contribution < -0.4 is 10.6 Å². The van der Waals surface area contributed by atoms with Crippen LogP contribution in [-0.4, -0.2) is 10.5 Å². The molecule has 2 heteroatoms. The maximum atomic E-state index is 4.85. The van der Waals surface area contributed by atoms with Gasteiger partial charge in [-0.25, -0.2) is 0 Å². The third-order valence-electron chi connectivity index (χ3n) is 3.24. The Hall–Kier alpha value is -1.70. The summed E-state index contributed by atoms with van der Waals surface area (Å²) in [5.74, 6) is 0. The van der Waals surface area contributed by atoms with Crippen LogP contribution in [0.1, 0.15) is 26.0 Å². The van der Waals surface area contributed by atoms with E-state index < -0.39 is 0 Å². The fraction of sp³-hybridized carbons (Fsp3) is 0.333. The molecule has 17 heavy (non-hydrogen) atoms. The van der Waals surface area contributed by atoms with Crippen molar-refractivity contribution in [2.75, 3.05) is 0 Å². The Balaban J connectivity index is 2.51. The van der Waals surface area contributed by atoms with Crippen molar-refractivity contribution in [3.8, 4) is 0 Å². The van der Waals surface area contributed by atoms with Crippen molar-refractivity contribution >= 4 is 17.0 Å². The standard InChI is InChI=1S/C15H16N2/c1-10-4-5-11-6-7-12-8-9-15(2,3)17-14(12)13(11)16-10/h4-8H,9H2,1-3H3. The SMILES string of the molecule is Cc1ccc2ccc3c(c2n1)=NC(C)(C)CC=3. The molecule has 1 aromatic carbocycles. The summed E-state index contributed by atoms with van der Waals surface area (Å²) >= 11 is 0. The molecule has 0 spiro atoms. The van der Waals surface area contributed by atoms with Crippen molar-refractivity contribution in [2.24, 2.45) is 4.99 Å². The molecule has 0 unspecified atom stereocenters. The average Bonchev–Trinajstić information content (AvgIpc) is 2.28. The van der Waals surface area contributed by atoms with Crippen molar-refractivity contribution in [2.45, 2.75) is 32.7 Å². The Morgan fingerprint density at radius 2 is 1.88 bits per heavy atom. The van der Waals surface area contributed by atoms with E-state index in [1.807, 2.05) is 13.0 Å². The lowest BCUT2D eigenvalue weighted by Crippen LogP contribution is -2.36. The van der Waals surface area contributed by atoms with Crippen LogP contribution >= 0.6 is 0 Å². The van der Waals surface area contributed by atoms with Crippen molar-refractivity contribution in [1.82, 2.24) is 4.98 Å². The summed E-state index contributed by atoms with van der Waals surface area (Å²) in [5, 5.41) is 3.45. The monoisotopic (exact) mass is 224 g/mol. The topological polar surface area (TPSA) is 25.2 Å². The summed E-state index contributed by atoms with van der Waals surface area (Å²) < 4.78 is 0. The molecule has 0 saturated carbocycles. The van der Waals surface area contributed by atoms with Gasteiger partial charge in [0.25, 0.3) is 0 Å². The van der Waals surface area contributed by atoms with Gasteiger partial charge < -0.3 is 0 Å². The number of hydrogen-bond acceptors (Lipinski definition) is 2. The van der Waals surface area contributed by atoms with Gasteiger partial charge in [0, 0.05) is 11.1 Å². The minimum absolute atomic E-state index is 0.00723. The van der Waals surface area contributed by atoms with Gasteiger partial charge in [-0.05, 0) is 38.5 Å². The van der Waals surface area contributed by atoms with Crippen LogP contribution in [0.4, 0.5) is 0 Å². The average molecular weight is 224 g/mol. The zero-order chi connectivity index (χ0) is 12.0. The second-order valence-corrected chi connectivity index (χ2v) is 5.36. The van der Waals surface area contributed by atoms with Crippen LogP contribution in [0, 0.1) is 6.92 Å². The van der Waals surface area contributed by atoms with Gasteiger partial charge in [0.2, 0.25) is 0 Å². The van der Waals surface area contributed by atoms with Crippen LogP contribution in [-0.2, 0) is 0 Å². The van der Waals surface area contributed by atoms with E-state index in [4.69, 9.17) is 4.99 Å². The summed E-state index contributed by atoms with van der Waals surface area (Å²) in [6, 6.07) is 8.44.